The minimum atomic E-state index is 0.434. The maximum atomic E-state index is 4.57. The molecule has 0 radical (unpaired) electrons. The molecule has 4 nitrogen and oxygen atoms in total. The van der Waals surface area contributed by atoms with Gasteiger partial charge in [0.2, 0.25) is 0 Å². The topological polar surface area (TPSA) is 32.3 Å². The molecule has 0 saturated carbocycles. The number of nitrogens with zero attached hydrogens (tertiary/aromatic N) is 4. The van der Waals surface area contributed by atoms with Crippen molar-refractivity contribution < 1.29 is 0 Å². The third kappa shape index (κ3) is 3.45. The van der Waals surface area contributed by atoms with Crippen LogP contribution in [0.5, 0.6) is 0 Å². The van der Waals surface area contributed by atoms with Crippen molar-refractivity contribution in [1.29, 1.82) is 0 Å². The van der Waals surface area contributed by atoms with Crippen molar-refractivity contribution in [2.24, 2.45) is 0 Å². The average molecular weight is 296 g/mol. The molecule has 0 aromatic carbocycles. The Labute approximate surface area is 132 Å². The van der Waals surface area contributed by atoms with Crippen LogP contribution in [0.2, 0.25) is 0 Å². The second-order valence-corrected chi connectivity index (χ2v) is 6.16. The van der Waals surface area contributed by atoms with Crippen molar-refractivity contribution >= 4 is 5.82 Å². The average Bonchev–Trinajstić information content (AvgIpc) is 2.57. The first-order valence-corrected chi connectivity index (χ1v) is 8.01. The third-order valence-electron chi connectivity index (χ3n) is 4.30. The first-order chi connectivity index (χ1) is 10.7. The number of likely N-dealkylation sites (tertiary alicyclic amines) is 1. The first-order valence-electron chi connectivity index (χ1n) is 8.01. The molecule has 1 fully saturated rings. The van der Waals surface area contributed by atoms with Crippen molar-refractivity contribution in [3.05, 3.63) is 54.0 Å². The van der Waals surface area contributed by atoms with Gasteiger partial charge in [-0.3, -0.25) is 9.88 Å². The highest BCUT2D eigenvalue weighted by atomic mass is 15.2. The number of hydrogen-bond donors (Lipinski definition) is 0. The number of hydrogen-bond acceptors (Lipinski definition) is 4. The molecule has 3 heterocycles. The van der Waals surface area contributed by atoms with E-state index < -0.39 is 0 Å². The predicted octanol–water partition coefficient (Wildman–Crippen LogP) is 3.27. The number of pyridine rings is 2. The second-order valence-electron chi connectivity index (χ2n) is 6.16. The van der Waals surface area contributed by atoms with Crippen molar-refractivity contribution in [3.63, 3.8) is 0 Å². The fourth-order valence-electron chi connectivity index (χ4n) is 3.10. The summed E-state index contributed by atoms with van der Waals surface area (Å²) in [6.45, 7) is 2.08. The summed E-state index contributed by atoms with van der Waals surface area (Å²) in [7, 11) is 4.04. The first kappa shape index (κ1) is 15.0. The van der Waals surface area contributed by atoms with Gasteiger partial charge in [0.05, 0.1) is 11.7 Å². The summed E-state index contributed by atoms with van der Waals surface area (Å²) in [6.07, 6.45) is 7.65. The fourth-order valence-corrected chi connectivity index (χ4v) is 3.10. The molecule has 0 amide bonds. The molecule has 3 rings (SSSR count). The predicted molar refractivity (Wildman–Crippen MR) is 89.8 cm³/mol. The maximum absolute atomic E-state index is 4.57. The Morgan fingerprint density at radius 1 is 1.14 bits per heavy atom. The molecule has 1 aliphatic heterocycles. The zero-order valence-corrected chi connectivity index (χ0v) is 13.4. The summed E-state index contributed by atoms with van der Waals surface area (Å²) in [6, 6.07) is 10.9. The van der Waals surface area contributed by atoms with E-state index in [0.29, 0.717) is 6.04 Å². The van der Waals surface area contributed by atoms with Gasteiger partial charge in [-0.2, -0.15) is 0 Å². The SMILES string of the molecule is CN(C)c1ccc(CN2CCCCC2c2ccccn2)cn1. The van der Waals surface area contributed by atoms with Crippen LogP contribution in [0.15, 0.2) is 42.7 Å². The van der Waals surface area contributed by atoms with Crippen LogP contribution in [-0.2, 0) is 6.54 Å². The summed E-state index contributed by atoms with van der Waals surface area (Å²) in [5.41, 5.74) is 2.47. The van der Waals surface area contributed by atoms with Gasteiger partial charge >= 0.3 is 0 Å². The van der Waals surface area contributed by atoms with Crippen LogP contribution in [0.1, 0.15) is 36.6 Å². The molecule has 2 aromatic rings. The van der Waals surface area contributed by atoms with E-state index >= 15 is 0 Å². The van der Waals surface area contributed by atoms with Gasteiger partial charge in [-0.05, 0) is 43.1 Å². The zero-order chi connectivity index (χ0) is 15.4. The van der Waals surface area contributed by atoms with E-state index in [2.05, 4.69) is 39.1 Å². The Morgan fingerprint density at radius 3 is 2.73 bits per heavy atom. The molecule has 1 unspecified atom stereocenters. The van der Waals surface area contributed by atoms with Crippen LogP contribution in [-0.4, -0.2) is 35.5 Å². The number of piperidine rings is 1. The van der Waals surface area contributed by atoms with Crippen LogP contribution < -0.4 is 4.90 Å². The Balaban J connectivity index is 1.74. The molecular weight excluding hydrogens is 272 g/mol. The lowest BCUT2D eigenvalue weighted by molar-refractivity contribution is 0.137. The molecule has 1 atom stereocenters. The van der Waals surface area contributed by atoms with Gasteiger partial charge < -0.3 is 4.90 Å². The van der Waals surface area contributed by atoms with Gasteiger partial charge in [-0.25, -0.2) is 4.98 Å². The van der Waals surface area contributed by atoms with Crippen LogP contribution in [0.4, 0.5) is 5.82 Å². The van der Waals surface area contributed by atoms with Crippen molar-refractivity contribution in [1.82, 2.24) is 14.9 Å². The highest BCUT2D eigenvalue weighted by Gasteiger charge is 2.24. The van der Waals surface area contributed by atoms with E-state index in [1.165, 1.54) is 30.5 Å². The lowest BCUT2D eigenvalue weighted by atomic mass is 9.98. The van der Waals surface area contributed by atoms with E-state index in [-0.39, 0.29) is 0 Å². The monoisotopic (exact) mass is 296 g/mol. The Morgan fingerprint density at radius 2 is 2.05 bits per heavy atom. The van der Waals surface area contributed by atoms with Crippen molar-refractivity contribution in [2.75, 3.05) is 25.5 Å². The highest BCUT2D eigenvalue weighted by molar-refractivity contribution is 5.37. The van der Waals surface area contributed by atoms with Gasteiger partial charge in [0.15, 0.2) is 0 Å². The number of anilines is 1. The van der Waals surface area contributed by atoms with Crippen molar-refractivity contribution in [2.45, 2.75) is 31.8 Å². The Kier molecular flexibility index (Phi) is 4.68. The van der Waals surface area contributed by atoms with Crippen LogP contribution >= 0.6 is 0 Å². The van der Waals surface area contributed by atoms with E-state index in [4.69, 9.17) is 0 Å². The number of aromatic nitrogens is 2. The van der Waals surface area contributed by atoms with Crippen LogP contribution in [0.25, 0.3) is 0 Å². The van der Waals surface area contributed by atoms with Crippen LogP contribution in [0.3, 0.4) is 0 Å². The molecular formula is C18H24N4. The molecule has 1 aliphatic rings. The van der Waals surface area contributed by atoms with E-state index in [1.54, 1.807) is 0 Å². The molecule has 0 bridgehead atoms. The lowest BCUT2D eigenvalue weighted by Crippen LogP contribution is -2.33. The smallest absolute Gasteiger partial charge is 0.127 e. The molecule has 0 N–H and O–H groups in total. The fraction of sp³-hybridized carbons (Fsp3) is 0.444. The second kappa shape index (κ2) is 6.88. The highest BCUT2D eigenvalue weighted by Crippen LogP contribution is 2.30. The van der Waals surface area contributed by atoms with Gasteiger partial charge in [-0.1, -0.05) is 18.6 Å². The number of rotatable bonds is 4. The molecule has 0 aliphatic carbocycles. The molecule has 116 valence electrons. The molecule has 1 saturated heterocycles. The lowest BCUT2D eigenvalue weighted by Gasteiger charge is -2.35. The Hall–Kier alpha value is -1.94. The third-order valence-corrected chi connectivity index (χ3v) is 4.30. The zero-order valence-electron chi connectivity index (χ0n) is 13.4. The van der Waals surface area contributed by atoms with Crippen LogP contribution in [0, 0.1) is 0 Å². The standard InChI is InChI=1S/C18H24N4/c1-21(2)18-10-9-15(13-20-18)14-22-12-6-4-8-17(22)16-7-3-5-11-19-16/h3,5,7,9-11,13,17H,4,6,8,12,14H2,1-2H3. The van der Waals surface area contributed by atoms with Gasteiger partial charge in [-0.15, -0.1) is 0 Å². The maximum Gasteiger partial charge on any atom is 0.127 e. The van der Waals surface area contributed by atoms with Gasteiger partial charge in [0.1, 0.15) is 5.82 Å². The largest absolute Gasteiger partial charge is 0.363 e. The van der Waals surface area contributed by atoms with Gasteiger partial charge in [0, 0.05) is 33.0 Å². The summed E-state index contributed by atoms with van der Waals surface area (Å²) < 4.78 is 0. The van der Waals surface area contributed by atoms with E-state index in [1.807, 2.05) is 37.5 Å². The summed E-state index contributed by atoms with van der Waals surface area (Å²) in [4.78, 5) is 13.7. The minimum Gasteiger partial charge on any atom is -0.363 e. The van der Waals surface area contributed by atoms with Crippen molar-refractivity contribution in [3.8, 4) is 0 Å². The molecule has 0 spiro atoms. The normalized spacial score (nSPS) is 19.1. The summed E-state index contributed by atoms with van der Waals surface area (Å²) in [5.74, 6) is 1.00. The van der Waals surface area contributed by atoms with Gasteiger partial charge in [0.25, 0.3) is 0 Å². The summed E-state index contributed by atoms with van der Waals surface area (Å²) >= 11 is 0. The molecule has 2 aromatic heterocycles. The molecule has 22 heavy (non-hydrogen) atoms. The van der Waals surface area contributed by atoms with E-state index in [9.17, 15) is 0 Å². The summed E-state index contributed by atoms with van der Waals surface area (Å²) in [5, 5.41) is 0. The quantitative estimate of drug-likeness (QED) is 0.867. The minimum absolute atomic E-state index is 0.434. The molecule has 4 heteroatoms. The Bertz CT molecular complexity index is 580. The van der Waals surface area contributed by atoms with E-state index in [0.717, 1.165) is 18.9 Å².